The number of rotatable bonds is 7. The second kappa shape index (κ2) is 7.66. The molecule has 18 heavy (non-hydrogen) atoms. The summed E-state index contributed by atoms with van der Waals surface area (Å²) in [5.74, 6) is -0.279. The monoisotopic (exact) mass is 243 g/mol. The predicted molar refractivity (Wildman–Crippen MR) is 72.9 cm³/mol. The Kier molecular flexibility index (Phi) is 6.14. The van der Waals surface area contributed by atoms with Gasteiger partial charge in [-0.2, -0.15) is 5.26 Å². The highest BCUT2D eigenvalue weighted by Gasteiger charge is 2.24. The third-order valence-electron chi connectivity index (χ3n) is 3.45. The third kappa shape index (κ3) is 4.00. The van der Waals surface area contributed by atoms with Crippen LogP contribution in [0.15, 0.2) is 30.3 Å². The van der Waals surface area contributed by atoms with E-state index in [4.69, 9.17) is 5.26 Å². The van der Waals surface area contributed by atoms with E-state index < -0.39 is 5.92 Å². The summed E-state index contributed by atoms with van der Waals surface area (Å²) in [5.41, 5.74) is 1.19. The molecule has 0 aliphatic rings. The van der Waals surface area contributed by atoms with Crippen LogP contribution in [0.4, 0.5) is 0 Å². The number of hydrogen-bond acceptors (Lipinski definition) is 2. The number of hydrogen-bond donors (Lipinski definition) is 0. The molecule has 1 unspecified atom stereocenters. The van der Waals surface area contributed by atoms with Gasteiger partial charge < -0.3 is 0 Å². The van der Waals surface area contributed by atoms with Crippen molar-refractivity contribution in [3.8, 4) is 6.07 Å². The smallest absolute Gasteiger partial charge is 0.153 e. The molecule has 1 aromatic carbocycles. The van der Waals surface area contributed by atoms with Gasteiger partial charge in [-0.1, -0.05) is 44.2 Å². The number of nitrogens with zero attached hydrogens (tertiary/aromatic N) is 1. The molecule has 1 aromatic rings. The van der Waals surface area contributed by atoms with Gasteiger partial charge in [0.1, 0.15) is 5.92 Å². The number of carbonyl (C=O) groups is 1. The van der Waals surface area contributed by atoms with Crippen LogP contribution in [-0.4, -0.2) is 5.78 Å². The molecule has 0 aromatic heterocycles. The van der Waals surface area contributed by atoms with Crippen molar-refractivity contribution in [1.29, 1.82) is 5.26 Å². The Morgan fingerprint density at radius 1 is 1.22 bits per heavy atom. The number of carbonyl (C=O) groups excluding carboxylic acids is 1. The summed E-state index contributed by atoms with van der Waals surface area (Å²) in [5, 5.41) is 9.14. The van der Waals surface area contributed by atoms with Crippen molar-refractivity contribution in [2.75, 3.05) is 0 Å². The van der Waals surface area contributed by atoms with Crippen LogP contribution in [0, 0.1) is 23.2 Å². The fourth-order valence-corrected chi connectivity index (χ4v) is 2.20. The van der Waals surface area contributed by atoms with Crippen LogP contribution in [0.25, 0.3) is 0 Å². The van der Waals surface area contributed by atoms with Crippen molar-refractivity contribution in [2.45, 2.75) is 39.5 Å². The fourth-order valence-electron chi connectivity index (χ4n) is 2.20. The normalized spacial score (nSPS) is 12.1. The standard InChI is InChI=1S/C16H21NO/c1-3-14(4-2)16(18)15(12-17)11-10-13-8-6-5-7-9-13/h5-9,14-15H,3-4,10-11H2,1-2H3. The molecule has 0 heterocycles. The second-order valence-corrected chi connectivity index (χ2v) is 4.62. The molecule has 0 amide bonds. The number of Topliss-reactive ketones (excluding diaryl/α,β-unsaturated/α-hetero) is 1. The predicted octanol–water partition coefficient (Wildman–Crippen LogP) is 3.76. The summed E-state index contributed by atoms with van der Waals surface area (Å²) in [4.78, 5) is 12.1. The maximum atomic E-state index is 12.1. The molecule has 0 saturated heterocycles. The highest BCUT2D eigenvalue weighted by molar-refractivity contribution is 5.85. The van der Waals surface area contributed by atoms with Gasteiger partial charge in [-0.25, -0.2) is 0 Å². The Morgan fingerprint density at radius 3 is 2.33 bits per heavy atom. The van der Waals surface area contributed by atoms with Crippen LogP contribution >= 0.6 is 0 Å². The van der Waals surface area contributed by atoms with E-state index in [0.29, 0.717) is 6.42 Å². The van der Waals surface area contributed by atoms with E-state index in [1.807, 2.05) is 44.2 Å². The Hall–Kier alpha value is -1.62. The maximum absolute atomic E-state index is 12.1. The second-order valence-electron chi connectivity index (χ2n) is 4.62. The lowest BCUT2D eigenvalue weighted by Crippen LogP contribution is -2.22. The minimum Gasteiger partial charge on any atom is -0.298 e. The van der Waals surface area contributed by atoms with Gasteiger partial charge in [0.05, 0.1) is 6.07 Å². The molecular weight excluding hydrogens is 222 g/mol. The van der Waals surface area contributed by atoms with E-state index in [-0.39, 0.29) is 11.7 Å². The van der Waals surface area contributed by atoms with Crippen molar-refractivity contribution >= 4 is 5.78 Å². The Balaban J connectivity index is 2.58. The zero-order valence-corrected chi connectivity index (χ0v) is 11.2. The van der Waals surface area contributed by atoms with E-state index >= 15 is 0 Å². The average molecular weight is 243 g/mol. The minimum absolute atomic E-state index is 0.0467. The molecule has 0 bridgehead atoms. The topological polar surface area (TPSA) is 40.9 Å². The van der Waals surface area contributed by atoms with Gasteiger partial charge >= 0.3 is 0 Å². The van der Waals surface area contributed by atoms with Gasteiger partial charge in [-0.05, 0) is 31.2 Å². The summed E-state index contributed by atoms with van der Waals surface area (Å²) in [6.07, 6.45) is 3.10. The van der Waals surface area contributed by atoms with Crippen LogP contribution in [0.5, 0.6) is 0 Å². The van der Waals surface area contributed by atoms with Gasteiger partial charge in [0.15, 0.2) is 5.78 Å². The molecule has 96 valence electrons. The molecule has 0 aliphatic carbocycles. The molecule has 0 fully saturated rings. The highest BCUT2D eigenvalue weighted by Crippen LogP contribution is 2.19. The molecule has 1 rings (SSSR count). The lowest BCUT2D eigenvalue weighted by Gasteiger charge is -2.15. The van der Waals surface area contributed by atoms with Gasteiger partial charge in [0.25, 0.3) is 0 Å². The number of nitriles is 1. The molecule has 2 nitrogen and oxygen atoms in total. The molecule has 0 radical (unpaired) electrons. The Morgan fingerprint density at radius 2 is 1.83 bits per heavy atom. The van der Waals surface area contributed by atoms with Gasteiger partial charge in [-0.3, -0.25) is 4.79 Å². The van der Waals surface area contributed by atoms with E-state index in [1.54, 1.807) is 0 Å². The lowest BCUT2D eigenvalue weighted by molar-refractivity contribution is -0.125. The average Bonchev–Trinajstić information content (AvgIpc) is 2.42. The van der Waals surface area contributed by atoms with Crippen LogP contribution in [0.1, 0.15) is 38.7 Å². The Labute approximate surface area is 110 Å². The first-order valence-electron chi connectivity index (χ1n) is 6.70. The largest absolute Gasteiger partial charge is 0.298 e. The van der Waals surface area contributed by atoms with Gasteiger partial charge in [-0.15, -0.1) is 0 Å². The molecule has 0 aliphatic heterocycles. The first kappa shape index (κ1) is 14.4. The van der Waals surface area contributed by atoms with Crippen LogP contribution < -0.4 is 0 Å². The zero-order valence-electron chi connectivity index (χ0n) is 11.2. The SMILES string of the molecule is CCC(CC)C(=O)C(C#N)CCc1ccccc1. The Bertz CT molecular complexity index is 401. The van der Waals surface area contributed by atoms with Crippen LogP contribution in [0.3, 0.4) is 0 Å². The number of benzene rings is 1. The number of aryl methyl sites for hydroxylation is 1. The molecule has 0 N–H and O–H groups in total. The van der Waals surface area contributed by atoms with Gasteiger partial charge in [0.2, 0.25) is 0 Å². The highest BCUT2D eigenvalue weighted by atomic mass is 16.1. The van der Waals surface area contributed by atoms with Crippen LogP contribution in [-0.2, 0) is 11.2 Å². The quantitative estimate of drug-likeness (QED) is 0.731. The molecule has 2 heteroatoms. The summed E-state index contributed by atoms with van der Waals surface area (Å²) in [6.45, 7) is 4.02. The van der Waals surface area contributed by atoms with E-state index in [2.05, 4.69) is 6.07 Å². The summed E-state index contributed by atoms with van der Waals surface area (Å²) >= 11 is 0. The fraction of sp³-hybridized carbons (Fsp3) is 0.500. The van der Waals surface area contributed by atoms with Crippen molar-refractivity contribution in [3.05, 3.63) is 35.9 Å². The summed E-state index contributed by atoms with van der Waals surface area (Å²) < 4.78 is 0. The van der Waals surface area contributed by atoms with Crippen molar-refractivity contribution in [2.24, 2.45) is 11.8 Å². The lowest BCUT2D eigenvalue weighted by atomic mass is 9.86. The van der Waals surface area contributed by atoms with Crippen molar-refractivity contribution in [1.82, 2.24) is 0 Å². The maximum Gasteiger partial charge on any atom is 0.153 e. The first-order valence-corrected chi connectivity index (χ1v) is 6.70. The summed E-state index contributed by atoms with van der Waals surface area (Å²) in [7, 11) is 0. The van der Waals surface area contributed by atoms with E-state index in [0.717, 1.165) is 19.3 Å². The minimum atomic E-state index is -0.449. The molecule has 0 saturated carbocycles. The number of ketones is 1. The zero-order chi connectivity index (χ0) is 13.4. The van der Waals surface area contributed by atoms with Crippen LogP contribution in [0.2, 0.25) is 0 Å². The molecule has 0 spiro atoms. The third-order valence-corrected chi connectivity index (χ3v) is 3.45. The summed E-state index contributed by atoms with van der Waals surface area (Å²) in [6, 6.07) is 12.2. The van der Waals surface area contributed by atoms with Crippen molar-refractivity contribution < 1.29 is 4.79 Å². The van der Waals surface area contributed by atoms with Crippen molar-refractivity contribution in [3.63, 3.8) is 0 Å². The van der Waals surface area contributed by atoms with E-state index in [9.17, 15) is 4.79 Å². The first-order chi connectivity index (χ1) is 8.72. The van der Waals surface area contributed by atoms with Gasteiger partial charge in [0, 0.05) is 5.92 Å². The van der Waals surface area contributed by atoms with E-state index in [1.165, 1.54) is 5.56 Å². The molecular formula is C16H21NO. The molecule has 1 atom stereocenters.